The number of rotatable bonds is 6. The van der Waals surface area contributed by atoms with E-state index >= 15 is 0 Å². The second-order valence-electron chi connectivity index (χ2n) is 6.96. The summed E-state index contributed by atoms with van der Waals surface area (Å²) in [6.07, 6.45) is 0.264. The number of anilines is 1. The maximum Gasteiger partial charge on any atom is 0.230 e. The number of thiazole rings is 1. The highest BCUT2D eigenvalue weighted by atomic mass is 79.9. The molecule has 7 heteroatoms. The van der Waals surface area contributed by atoms with Gasteiger partial charge in [0.15, 0.2) is 0 Å². The van der Waals surface area contributed by atoms with E-state index in [1.807, 2.05) is 29.6 Å². The van der Waals surface area contributed by atoms with Crippen LogP contribution in [-0.2, 0) is 22.5 Å². The molecule has 4 rings (SSSR count). The summed E-state index contributed by atoms with van der Waals surface area (Å²) in [6.45, 7) is 4.47. The molecule has 0 radical (unpaired) electrons. The minimum Gasteiger partial charge on any atom is -0.379 e. The van der Waals surface area contributed by atoms with Crippen LogP contribution in [0.4, 0.5) is 5.69 Å². The van der Waals surface area contributed by atoms with Crippen molar-refractivity contribution in [1.29, 1.82) is 0 Å². The van der Waals surface area contributed by atoms with E-state index in [0.29, 0.717) is 0 Å². The Kier molecular flexibility index (Phi) is 6.71. The second kappa shape index (κ2) is 9.63. The Balaban J connectivity index is 1.38. The van der Waals surface area contributed by atoms with Crippen LogP contribution >= 0.6 is 27.3 Å². The number of carbonyl (C=O) groups excluding carboxylic acids is 1. The normalized spacial score (nSPS) is 14.7. The minimum absolute atomic E-state index is 0.0646. The highest BCUT2D eigenvalue weighted by molar-refractivity contribution is 9.10. The Morgan fingerprint density at radius 3 is 2.76 bits per heavy atom. The lowest BCUT2D eigenvalue weighted by molar-refractivity contribution is -0.115. The molecular weight excluding hydrogens is 450 g/mol. The van der Waals surface area contributed by atoms with Gasteiger partial charge in [-0.25, -0.2) is 4.98 Å². The van der Waals surface area contributed by atoms with E-state index in [1.54, 1.807) is 11.3 Å². The first-order valence-corrected chi connectivity index (χ1v) is 11.2. The van der Waals surface area contributed by atoms with Gasteiger partial charge in [-0.3, -0.25) is 9.69 Å². The molecule has 1 amide bonds. The Hall–Kier alpha value is -2.06. The van der Waals surface area contributed by atoms with Crippen LogP contribution in [0, 0.1) is 0 Å². The number of benzene rings is 2. The summed E-state index contributed by atoms with van der Waals surface area (Å²) in [5, 5.41) is 5.82. The maximum absolute atomic E-state index is 12.3. The van der Waals surface area contributed by atoms with E-state index in [9.17, 15) is 4.79 Å². The Labute approximate surface area is 182 Å². The van der Waals surface area contributed by atoms with Gasteiger partial charge in [0.1, 0.15) is 5.01 Å². The zero-order valence-corrected chi connectivity index (χ0v) is 18.3. The fraction of sp³-hybridized carbons (Fsp3) is 0.273. The molecule has 1 aromatic heterocycles. The molecule has 2 aromatic carbocycles. The molecule has 29 heavy (non-hydrogen) atoms. The van der Waals surface area contributed by atoms with Gasteiger partial charge in [-0.15, -0.1) is 11.3 Å². The topological polar surface area (TPSA) is 54.5 Å². The second-order valence-corrected chi connectivity index (χ2v) is 8.74. The average molecular weight is 472 g/mol. The summed E-state index contributed by atoms with van der Waals surface area (Å²) in [5.41, 5.74) is 3.94. The van der Waals surface area contributed by atoms with E-state index in [2.05, 4.69) is 55.4 Å². The van der Waals surface area contributed by atoms with Gasteiger partial charge >= 0.3 is 0 Å². The van der Waals surface area contributed by atoms with Crippen molar-refractivity contribution in [1.82, 2.24) is 9.88 Å². The summed E-state index contributed by atoms with van der Waals surface area (Å²) in [4.78, 5) is 19.4. The summed E-state index contributed by atoms with van der Waals surface area (Å²) in [6, 6.07) is 16.0. The molecule has 1 saturated heterocycles. The van der Waals surface area contributed by atoms with Crippen LogP contribution < -0.4 is 5.32 Å². The predicted molar refractivity (Wildman–Crippen MR) is 120 cm³/mol. The lowest BCUT2D eigenvalue weighted by Gasteiger charge is -2.26. The Bertz CT molecular complexity index is 968. The lowest BCUT2D eigenvalue weighted by Crippen LogP contribution is -2.35. The van der Waals surface area contributed by atoms with Crippen LogP contribution in [0.1, 0.15) is 11.3 Å². The summed E-state index contributed by atoms with van der Waals surface area (Å²) in [5.74, 6) is -0.0646. The van der Waals surface area contributed by atoms with Crippen molar-refractivity contribution in [2.75, 3.05) is 31.6 Å². The van der Waals surface area contributed by atoms with Crippen LogP contribution in [0.25, 0.3) is 10.6 Å². The molecule has 1 aliphatic rings. The fourth-order valence-corrected chi connectivity index (χ4v) is 4.32. The van der Waals surface area contributed by atoms with Gasteiger partial charge in [0.05, 0.1) is 25.3 Å². The van der Waals surface area contributed by atoms with E-state index in [-0.39, 0.29) is 12.3 Å². The first kappa shape index (κ1) is 20.2. The number of hydrogen-bond donors (Lipinski definition) is 1. The lowest BCUT2D eigenvalue weighted by atomic mass is 10.1. The van der Waals surface area contributed by atoms with E-state index in [1.165, 1.54) is 5.56 Å². The average Bonchev–Trinajstić information content (AvgIpc) is 3.19. The molecule has 0 aliphatic carbocycles. The van der Waals surface area contributed by atoms with Crippen LogP contribution in [0.2, 0.25) is 0 Å². The third-order valence-electron chi connectivity index (χ3n) is 4.71. The first-order chi connectivity index (χ1) is 14.2. The van der Waals surface area contributed by atoms with Crippen molar-refractivity contribution < 1.29 is 9.53 Å². The van der Waals surface area contributed by atoms with Gasteiger partial charge in [0.2, 0.25) is 5.91 Å². The van der Waals surface area contributed by atoms with Crippen LogP contribution in [0.5, 0.6) is 0 Å². The molecule has 0 spiro atoms. The van der Waals surface area contributed by atoms with Gasteiger partial charge in [0, 0.05) is 40.7 Å². The number of ether oxygens (including phenoxy) is 1. The number of amides is 1. The van der Waals surface area contributed by atoms with Crippen molar-refractivity contribution in [3.05, 3.63) is 69.6 Å². The first-order valence-electron chi connectivity index (χ1n) is 9.55. The van der Waals surface area contributed by atoms with Crippen LogP contribution in [0.3, 0.4) is 0 Å². The molecule has 0 unspecified atom stereocenters. The van der Waals surface area contributed by atoms with Crippen molar-refractivity contribution in [2.24, 2.45) is 0 Å². The number of hydrogen-bond acceptors (Lipinski definition) is 5. The minimum atomic E-state index is -0.0646. The van der Waals surface area contributed by atoms with Gasteiger partial charge < -0.3 is 10.1 Å². The van der Waals surface area contributed by atoms with E-state index in [0.717, 1.165) is 59.3 Å². The third-order valence-corrected chi connectivity index (χ3v) is 6.17. The molecule has 2 heterocycles. The monoisotopic (exact) mass is 471 g/mol. The molecule has 1 fully saturated rings. The molecule has 5 nitrogen and oxygen atoms in total. The van der Waals surface area contributed by atoms with Crippen LogP contribution in [-0.4, -0.2) is 42.1 Å². The maximum atomic E-state index is 12.3. The van der Waals surface area contributed by atoms with E-state index in [4.69, 9.17) is 4.74 Å². The standard InChI is InChI=1S/C22H22BrN3O2S/c23-18-4-6-19(7-5-18)24-21(27)13-20-15-29-22(25-20)17-3-1-2-16(12-17)14-26-8-10-28-11-9-26/h1-7,12,15H,8-11,13-14H2,(H,24,27). The molecule has 0 bridgehead atoms. The number of nitrogens with one attached hydrogen (secondary N) is 1. The van der Waals surface area contributed by atoms with Gasteiger partial charge in [0.25, 0.3) is 0 Å². The molecule has 1 aliphatic heterocycles. The Morgan fingerprint density at radius 2 is 1.97 bits per heavy atom. The quantitative estimate of drug-likeness (QED) is 0.571. The van der Waals surface area contributed by atoms with Crippen molar-refractivity contribution in [3.63, 3.8) is 0 Å². The van der Waals surface area contributed by atoms with Gasteiger partial charge in [-0.2, -0.15) is 0 Å². The molecule has 0 saturated carbocycles. The molecule has 1 N–H and O–H groups in total. The summed E-state index contributed by atoms with van der Waals surface area (Å²) >= 11 is 4.97. The van der Waals surface area contributed by atoms with Crippen molar-refractivity contribution in [3.8, 4) is 10.6 Å². The zero-order chi connectivity index (χ0) is 20.1. The highest BCUT2D eigenvalue weighted by Crippen LogP contribution is 2.25. The molecule has 0 atom stereocenters. The van der Waals surface area contributed by atoms with Crippen molar-refractivity contribution in [2.45, 2.75) is 13.0 Å². The molecule has 150 valence electrons. The third kappa shape index (κ3) is 5.73. The van der Waals surface area contributed by atoms with Crippen molar-refractivity contribution >= 4 is 38.9 Å². The summed E-state index contributed by atoms with van der Waals surface area (Å²) in [7, 11) is 0. The number of halogens is 1. The van der Waals surface area contributed by atoms with E-state index < -0.39 is 0 Å². The number of carbonyl (C=O) groups is 1. The highest BCUT2D eigenvalue weighted by Gasteiger charge is 2.13. The van der Waals surface area contributed by atoms with Gasteiger partial charge in [-0.1, -0.05) is 34.1 Å². The largest absolute Gasteiger partial charge is 0.379 e. The fourth-order valence-electron chi connectivity index (χ4n) is 3.24. The number of nitrogens with zero attached hydrogens (tertiary/aromatic N) is 2. The summed E-state index contributed by atoms with van der Waals surface area (Å²) < 4.78 is 6.40. The van der Waals surface area contributed by atoms with Gasteiger partial charge in [-0.05, 0) is 35.9 Å². The van der Waals surface area contributed by atoms with Crippen LogP contribution in [0.15, 0.2) is 58.4 Å². The molecule has 3 aromatic rings. The number of morpholine rings is 1. The SMILES string of the molecule is O=C(Cc1csc(-c2cccc(CN3CCOCC3)c2)n1)Nc1ccc(Br)cc1. The number of aromatic nitrogens is 1. The Morgan fingerprint density at radius 1 is 1.17 bits per heavy atom. The molecular formula is C22H22BrN3O2S. The zero-order valence-electron chi connectivity index (χ0n) is 15.9. The smallest absolute Gasteiger partial charge is 0.230 e. The predicted octanol–water partition coefficient (Wildman–Crippen LogP) is 4.59.